The van der Waals surface area contributed by atoms with Crippen LogP contribution >= 0.6 is 0 Å². The molecule has 2 fully saturated rings. The Morgan fingerprint density at radius 2 is 1.54 bits per heavy atom. The Labute approximate surface area is 236 Å². The van der Waals surface area contributed by atoms with E-state index in [-0.39, 0.29) is 29.4 Å². The van der Waals surface area contributed by atoms with Gasteiger partial charge in [0.25, 0.3) is 0 Å². The highest BCUT2D eigenvalue weighted by Gasteiger charge is 2.43. The summed E-state index contributed by atoms with van der Waals surface area (Å²) < 4.78 is 92.1. The summed E-state index contributed by atoms with van der Waals surface area (Å²) in [6.45, 7) is 4.52. The number of nitrogens with zero attached hydrogens (tertiary/aromatic N) is 1. The number of alkyl halides is 6. The van der Waals surface area contributed by atoms with Gasteiger partial charge in [0.05, 0.1) is 24.2 Å². The Morgan fingerprint density at radius 3 is 2.07 bits per heavy atom. The number of methoxy groups -OCH3 is 1. The van der Waals surface area contributed by atoms with E-state index in [2.05, 4.69) is 18.2 Å². The highest BCUT2D eigenvalue weighted by molar-refractivity contribution is 5.73. The van der Waals surface area contributed by atoms with Gasteiger partial charge in [0.1, 0.15) is 11.4 Å². The summed E-state index contributed by atoms with van der Waals surface area (Å²) in [4.78, 5) is 14.3. The van der Waals surface area contributed by atoms with Gasteiger partial charge < -0.3 is 9.47 Å². The Kier molecular flexibility index (Phi) is 7.85. The van der Waals surface area contributed by atoms with Crippen molar-refractivity contribution in [3.8, 4) is 5.75 Å². The number of ether oxygens (including phenoxy) is 2. The zero-order valence-corrected chi connectivity index (χ0v) is 23.4. The van der Waals surface area contributed by atoms with E-state index in [1.54, 1.807) is 6.92 Å². The number of aryl methyl sites for hydroxylation is 1. The van der Waals surface area contributed by atoms with Crippen molar-refractivity contribution in [3.05, 3.63) is 64.2 Å². The molecule has 2 aromatic carbocycles. The standard InChI is InChI=1S/C31H35F6NO3/c1-18(28(39)40-3)27(21-5-6-21)22-7-4-20-8-9-29(41-26(20)16-22)10-12-38(13-11-29)19(2)23-14-24(30(32,33)34)17-25(15-23)31(35,36)37/h4,7,14-19,21,27H,5-6,8-13H2,1-3H3. The number of carbonyl (C=O) groups is 1. The maximum absolute atomic E-state index is 13.4. The van der Waals surface area contributed by atoms with Gasteiger partial charge in [0.2, 0.25) is 0 Å². The maximum Gasteiger partial charge on any atom is 0.416 e. The largest absolute Gasteiger partial charge is 0.487 e. The second kappa shape index (κ2) is 10.8. The number of rotatable bonds is 6. The molecule has 5 rings (SSSR count). The lowest BCUT2D eigenvalue weighted by atomic mass is 9.80. The van der Waals surface area contributed by atoms with Crippen LogP contribution in [0.1, 0.15) is 85.7 Å². The topological polar surface area (TPSA) is 38.8 Å². The summed E-state index contributed by atoms with van der Waals surface area (Å²) in [6.07, 6.45) is -4.81. The number of carbonyl (C=O) groups excluding carboxylic acids is 1. The van der Waals surface area contributed by atoms with E-state index < -0.39 is 35.1 Å². The molecule has 1 spiro atoms. The van der Waals surface area contributed by atoms with Gasteiger partial charge in [-0.25, -0.2) is 0 Å². The van der Waals surface area contributed by atoms with Crippen LogP contribution in [-0.4, -0.2) is 36.7 Å². The zero-order chi connectivity index (χ0) is 29.7. The second-order valence-corrected chi connectivity index (χ2v) is 11.9. The van der Waals surface area contributed by atoms with Crippen LogP contribution < -0.4 is 4.74 Å². The van der Waals surface area contributed by atoms with Crippen LogP contribution in [0.4, 0.5) is 26.3 Å². The number of halogens is 6. The molecule has 2 heterocycles. The monoisotopic (exact) mass is 583 g/mol. The highest BCUT2D eigenvalue weighted by atomic mass is 19.4. The van der Waals surface area contributed by atoms with E-state index in [0.717, 1.165) is 54.7 Å². The summed E-state index contributed by atoms with van der Waals surface area (Å²) in [5, 5.41) is 0. The molecule has 224 valence electrons. The third-order valence-corrected chi connectivity index (χ3v) is 9.24. The van der Waals surface area contributed by atoms with Crippen molar-refractivity contribution in [2.24, 2.45) is 11.8 Å². The highest BCUT2D eigenvalue weighted by Crippen LogP contribution is 2.49. The molecule has 1 saturated carbocycles. The van der Waals surface area contributed by atoms with Gasteiger partial charge in [-0.15, -0.1) is 0 Å². The first kappa shape index (κ1) is 29.7. The Morgan fingerprint density at radius 1 is 0.927 bits per heavy atom. The predicted octanol–water partition coefficient (Wildman–Crippen LogP) is 7.95. The molecule has 1 saturated heterocycles. The molecule has 3 aliphatic rings. The molecular formula is C31H35F6NO3. The van der Waals surface area contributed by atoms with E-state index in [1.807, 2.05) is 11.8 Å². The maximum atomic E-state index is 13.4. The molecular weight excluding hydrogens is 548 g/mol. The molecule has 41 heavy (non-hydrogen) atoms. The van der Waals surface area contributed by atoms with Gasteiger partial charge in [0.15, 0.2) is 0 Å². The molecule has 0 amide bonds. The zero-order valence-electron chi connectivity index (χ0n) is 23.4. The third-order valence-electron chi connectivity index (χ3n) is 9.24. The van der Waals surface area contributed by atoms with Crippen LogP contribution in [0.25, 0.3) is 0 Å². The minimum atomic E-state index is -4.88. The first-order chi connectivity index (χ1) is 19.2. The summed E-state index contributed by atoms with van der Waals surface area (Å²) in [7, 11) is 1.40. The number of likely N-dealkylation sites (tertiary alicyclic amines) is 1. The van der Waals surface area contributed by atoms with Crippen LogP contribution in [-0.2, 0) is 28.3 Å². The first-order valence-corrected chi connectivity index (χ1v) is 14.1. The number of benzene rings is 2. The summed E-state index contributed by atoms with van der Waals surface area (Å²) >= 11 is 0. The fourth-order valence-electron chi connectivity index (χ4n) is 6.59. The minimum absolute atomic E-state index is 0.00602. The van der Waals surface area contributed by atoms with E-state index >= 15 is 0 Å². The van der Waals surface area contributed by atoms with Crippen LogP contribution in [0.2, 0.25) is 0 Å². The molecule has 0 radical (unpaired) electrons. The Bertz CT molecular complexity index is 1250. The van der Waals surface area contributed by atoms with Gasteiger partial charge in [0, 0.05) is 19.1 Å². The molecule has 0 bridgehead atoms. The van der Waals surface area contributed by atoms with Crippen LogP contribution in [0.5, 0.6) is 5.75 Å². The average molecular weight is 584 g/mol. The van der Waals surface area contributed by atoms with Crippen LogP contribution in [0.15, 0.2) is 36.4 Å². The fourth-order valence-corrected chi connectivity index (χ4v) is 6.59. The van der Waals surface area contributed by atoms with E-state index in [1.165, 1.54) is 7.11 Å². The smallest absolute Gasteiger partial charge is 0.416 e. The lowest BCUT2D eigenvalue weighted by molar-refractivity contribution is -0.146. The Balaban J connectivity index is 1.31. The van der Waals surface area contributed by atoms with Gasteiger partial charge in [-0.3, -0.25) is 9.69 Å². The number of piperidine rings is 1. The lowest BCUT2D eigenvalue weighted by Crippen LogP contribution is -2.50. The average Bonchev–Trinajstić information content (AvgIpc) is 3.76. The number of hydrogen-bond acceptors (Lipinski definition) is 4. The normalized spacial score (nSPS) is 21.5. The number of fused-ring (bicyclic) bond motifs is 1. The number of hydrogen-bond donors (Lipinski definition) is 0. The second-order valence-electron chi connectivity index (χ2n) is 11.9. The van der Waals surface area contributed by atoms with E-state index in [9.17, 15) is 31.1 Å². The van der Waals surface area contributed by atoms with Gasteiger partial charge in [-0.05, 0) is 98.2 Å². The summed E-state index contributed by atoms with van der Waals surface area (Å²) in [5.41, 5.74) is -0.895. The lowest BCUT2D eigenvalue weighted by Gasteiger charge is -2.46. The molecule has 3 atom stereocenters. The summed E-state index contributed by atoms with van der Waals surface area (Å²) in [6, 6.07) is 7.39. The molecule has 3 unspecified atom stereocenters. The van der Waals surface area contributed by atoms with Crippen LogP contribution in [0.3, 0.4) is 0 Å². The van der Waals surface area contributed by atoms with Crippen molar-refractivity contribution in [1.82, 2.24) is 4.90 Å². The molecule has 0 aromatic heterocycles. The van der Waals surface area contributed by atoms with Crippen molar-refractivity contribution >= 4 is 5.97 Å². The van der Waals surface area contributed by atoms with Crippen molar-refractivity contribution in [3.63, 3.8) is 0 Å². The molecule has 2 aromatic rings. The van der Waals surface area contributed by atoms with Crippen molar-refractivity contribution in [1.29, 1.82) is 0 Å². The van der Waals surface area contributed by atoms with Crippen molar-refractivity contribution < 1.29 is 40.6 Å². The molecule has 10 heteroatoms. The summed E-state index contributed by atoms with van der Waals surface area (Å²) in [5.74, 6) is 0.762. The van der Waals surface area contributed by atoms with Gasteiger partial charge in [-0.1, -0.05) is 19.1 Å². The SMILES string of the molecule is COC(=O)C(C)C(c1ccc2c(c1)OC1(CC2)CCN(C(C)c2cc(C(F)(F)F)cc(C(F)(F)F)c2)CC1)C1CC1. The minimum Gasteiger partial charge on any atom is -0.487 e. The Hall–Kier alpha value is -2.75. The van der Waals surface area contributed by atoms with Crippen molar-refractivity contribution in [2.45, 2.75) is 82.3 Å². The third kappa shape index (κ3) is 6.22. The molecule has 1 aliphatic carbocycles. The van der Waals surface area contributed by atoms with Gasteiger partial charge >= 0.3 is 18.3 Å². The van der Waals surface area contributed by atoms with Crippen molar-refractivity contribution in [2.75, 3.05) is 20.2 Å². The predicted molar refractivity (Wildman–Crippen MR) is 140 cm³/mol. The quantitative estimate of drug-likeness (QED) is 0.256. The fraction of sp³-hybridized carbons (Fsp3) is 0.581. The van der Waals surface area contributed by atoms with E-state index in [0.29, 0.717) is 31.8 Å². The molecule has 4 nitrogen and oxygen atoms in total. The van der Waals surface area contributed by atoms with E-state index in [4.69, 9.17) is 9.47 Å². The number of esters is 1. The first-order valence-electron chi connectivity index (χ1n) is 14.1. The molecule has 0 N–H and O–H groups in total. The molecule has 2 aliphatic heterocycles. The van der Waals surface area contributed by atoms with Gasteiger partial charge in [-0.2, -0.15) is 26.3 Å². The van der Waals surface area contributed by atoms with Crippen LogP contribution in [0, 0.1) is 11.8 Å².